The van der Waals surface area contributed by atoms with Crippen LogP contribution >= 0.6 is 0 Å². The van der Waals surface area contributed by atoms with Crippen molar-refractivity contribution in [2.75, 3.05) is 31.1 Å². The lowest BCUT2D eigenvalue weighted by atomic mass is 10.0. The number of hydrogen-bond acceptors (Lipinski definition) is 4. The molecular formula is C18H24N4. The van der Waals surface area contributed by atoms with Crippen LogP contribution in [0.25, 0.3) is 0 Å². The molecular weight excluding hydrogens is 272 g/mol. The summed E-state index contributed by atoms with van der Waals surface area (Å²) in [7, 11) is 0. The van der Waals surface area contributed by atoms with Crippen molar-refractivity contribution in [1.82, 2.24) is 15.3 Å². The van der Waals surface area contributed by atoms with E-state index < -0.39 is 0 Å². The van der Waals surface area contributed by atoms with Crippen molar-refractivity contribution in [1.29, 1.82) is 0 Å². The minimum absolute atomic E-state index is 0.860. The van der Waals surface area contributed by atoms with Gasteiger partial charge in [0.05, 0.1) is 0 Å². The number of benzene rings is 1. The first kappa shape index (κ1) is 15.0. The summed E-state index contributed by atoms with van der Waals surface area (Å²) in [5.74, 6) is 1.98. The molecule has 0 bridgehead atoms. The number of anilines is 1. The molecule has 1 N–H and O–H groups in total. The fraction of sp³-hybridized carbons (Fsp3) is 0.444. The Morgan fingerprint density at radius 1 is 1.09 bits per heavy atom. The summed E-state index contributed by atoms with van der Waals surface area (Å²) in [5.41, 5.74) is 4.99. The second kappa shape index (κ2) is 6.44. The van der Waals surface area contributed by atoms with Gasteiger partial charge in [0.1, 0.15) is 11.6 Å². The molecule has 1 saturated heterocycles. The normalized spacial score (nSPS) is 15.1. The predicted molar refractivity (Wildman–Crippen MR) is 90.6 cm³/mol. The third-order valence-corrected chi connectivity index (χ3v) is 4.18. The van der Waals surface area contributed by atoms with Gasteiger partial charge in [0.15, 0.2) is 0 Å². The van der Waals surface area contributed by atoms with Crippen LogP contribution in [-0.2, 0) is 6.42 Å². The second-order valence-electron chi connectivity index (χ2n) is 6.06. The summed E-state index contributed by atoms with van der Waals surface area (Å²) < 4.78 is 0. The minimum atomic E-state index is 0.860. The predicted octanol–water partition coefficient (Wildman–Crippen LogP) is 2.40. The van der Waals surface area contributed by atoms with Gasteiger partial charge in [-0.15, -0.1) is 0 Å². The molecule has 4 heteroatoms. The smallest absolute Gasteiger partial charge is 0.136 e. The van der Waals surface area contributed by atoms with E-state index in [1.807, 2.05) is 6.92 Å². The summed E-state index contributed by atoms with van der Waals surface area (Å²) in [6.07, 6.45) is 0.896. The summed E-state index contributed by atoms with van der Waals surface area (Å²) in [6, 6.07) is 8.70. The maximum atomic E-state index is 4.76. The Morgan fingerprint density at radius 2 is 1.86 bits per heavy atom. The topological polar surface area (TPSA) is 41.1 Å². The van der Waals surface area contributed by atoms with Crippen molar-refractivity contribution in [3.63, 3.8) is 0 Å². The summed E-state index contributed by atoms with van der Waals surface area (Å²) in [5, 5.41) is 3.41. The van der Waals surface area contributed by atoms with Gasteiger partial charge in [-0.2, -0.15) is 0 Å². The maximum absolute atomic E-state index is 4.76. The van der Waals surface area contributed by atoms with Gasteiger partial charge in [-0.3, -0.25) is 0 Å². The van der Waals surface area contributed by atoms with E-state index in [4.69, 9.17) is 4.98 Å². The van der Waals surface area contributed by atoms with Gasteiger partial charge >= 0.3 is 0 Å². The Hall–Kier alpha value is -1.94. The highest BCUT2D eigenvalue weighted by molar-refractivity contribution is 5.51. The van der Waals surface area contributed by atoms with Gasteiger partial charge in [0.2, 0.25) is 0 Å². The number of rotatable bonds is 3. The molecule has 0 saturated carbocycles. The lowest BCUT2D eigenvalue weighted by Gasteiger charge is -2.30. The Kier molecular flexibility index (Phi) is 4.39. The third-order valence-electron chi connectivity index (χ3n) is 4.18. The molecule has 0 unspecified atom stereocenters. The Balaban J connectivity index is 1.98. The van der Waals surface area contributed by atoms with Crippen LogP contribution in [0.15, 0.2) is 24.3 Å². The summed E-state index contributed by atoms with van der Waals surface area (Å²) in [4.78, 5) is 11.7. The third kappa shape index (κ3) is 3.28. The van der Waals surface area contributed by atoms with Crippen LogP contribution in [0, 0.1) is 20.8 Å². The number of nitrogens with one attached hydrogen (secondary N) is 1. The number of aryl methyl sites for hydroxylation is 3. The van der Waals surface area contributed by atoms with Crippen LogP contribution in [0.5, 0.6) is 0 Å². The molecule has 0 atom stereocenters. The highest BCUT2D eigenvalue weighted by Crippen LogP contribution is 2.24. The van der Waals surface area contributed by atoms with Gasteiger partial charge < -0.3 is 10.2 Å². The molecule has 0 spiro atoms. The largest absolute Gasteiger partial charge is 0.354 e. The van der Waals surface area contributed by atoms with E-state index >= 15 is 0 Å². The quantitative estimate of drug-likeness (QED) is 0.944. The number of aromatic nitrogens is 2. The SMILES string of the molecule is Cc1cccc(Cc2c(C)nc(C)nc2N2CCNCC2)c1. The molecule has 1 aliphatic heterocycles. The lowest BCUT2D eigenvalue weighted by Crippen LogP contribution is -2.44. The molecule has 2 aromatic rings. The van der Waals surface area contributed by atoms with Crippen LogP contribution in [0.4, 0.5) is 5.82 Å². The number of hydrogen-bond donors (Lipinski definition) is 1. The monoisotopic (exact) mass is 296 g/mol. The summed E-state index contributed by atoms with van der Waals surface area (Å²) >= 11 is 0. The average Bonchev–Trinajstić information content (AvgIpc) is 2.51. The zero-order chi connectivity index (χ0) is 15.5. The average molecular weight is 296 g/mol. The first-order valence-corrected chi connectivity index (χ1v) is 7.99. The molecule has 0 radical (unpaired) electrons. The van der Waals surface area contributed by atoms with Crippen LogP contribution in [0.3, 0.4) is 0 Å². The Bertz CT molecular complexity index is 660. The molecule has 22 heavy (non-hydrogen) atoms. The summed E-state index contributed by atoms with van der Waals surface area (Å²) in [6.45, 7) is 10.3. The minimum Gasteiger partial charge on any atom is -0.354 e. The molecule has 4 nitrogen and oxygen atoms in total. The van der Waals surface area contributed by atoms with Crippen LogP contribution < -0.4 is 10.2 Å². The van der Waals surface area contributed by atoms with Crippen LogP contribution in [0.2, 0.25) is 0 Å². The van der Waals surface area contributed by atoms with Crippen molar-refractivity contribution in [3.05, 3.63) is 52.5 Å². The highest BCUT2D eigenvalue weighted by Gasteiger charge is 2.18. The molecule has 1 aromatic heterocycles. The lowest BCUT2D eigenvalue weighted by molar-refractivity contribution is 0.582. The first-order valence-electron chi connectivity index (χ1n) is 7.99. The molecule has 1 aromatic carbocycles. The van der Waals surface area contributed by atoms with E-state index in [9.17, 15) is 0 Å². The van der Waals surface area contributed by atoms with Crippen molar-refractivity contribution in [2.24, 2.45) is 0 Å². The fourth-order valence-corrected chi connectivity index (χ4v) is 3.09. The Labute approximate surface area is 132 Å². The van der Waals surface area contributed by atoms with Gasteiger partial charge in [-0.1, -0.05) is 29.8 Å². The van der Waals surface area contributed by atoms with Crippen molar-refractivity contribution in [2.45, 2.75) is 27.2 Å². The fourth-order valence-electron chi connectivity index (χ4n) is 3.09. The van der Waals surface area contributed by atoms with E-state index in [-0.39, 0.29) is 0 Å². The van der Waals surface area contributed by atoms with Gasteiger partial charge in [0.25, 0.3) is 0 Å². The van der Waals surface area contributed by atoms with Crippen molar-refractivity contribution in [3.8, 4) is 0 Å². The van der Waals surface area contributed by atoms with Crippen molar-refractivity contribution < 1.29 is 0 Å². The highest BCUT2D eigenvalue weighted by atomic mass is 15.2. The first-order chi connectivity index (χ1) is 10.6. The van der Waals surface area contributed by atoms with Crippen LogP contribution in [0.1, 0.15) is 28.2 Å². The van der Waals surface area contributed by atoms with Gasteiger partial charge in [0, 0.05) is 43.9 Å². The van der Waals surface area contributed by atoms with E-state index in [0.717, 1.165) is 49.9 Å². The molecule has 3 rings (SSSR count). The molecule has 0 aliphatic carbocycles. The molecule has 0 amide bonds. The zero-order valence-electron chi connectivity index (χ0n) is 13.7. The van der Waals surface area contributed by atoms with Gasteiger partial charge in [-0.05, 0) is 26.3 Å². The molecule has 1 aliphatic rings. The standard InChI is InChI=1S/C18H24N4/c1-13-5-4-6-16(11-13)12-17-14(2)20-15(3)21-18(17)22-9-7-19-8-10-22/h4-6,11,19H,7-10,12H2,1-3H3. The Morgan fingerprint density at radius 3 is 2.59 bits per heavy atom. The number of piperazine rings is 1. The molecule has 116 valence electrons. The molecule has 2 heterocycles. The maximum Gasteiger partial charge on any atom is 0.136 e. The van der Waals surface area contributed by atoms with Gasteiger partial charge in [-0.25, -0.2) is 9.97 Å². The zero-order valence-corrected chi connectivity index (χ0v) is 13.7. The van der Waals surface area contributed by atoms with E-state index in [2.05, 4.69) is 53.3 Å². The van der Waals surface area contributed by atoms with Crippen LogP contribution in [-0.4, -0.2) is 36.1 Å². The second-order valence-corrected chi connectivity index (χ2v) is 6.06. The number of nitrogens with zero attached hydrogens (tertiary/aromatic N) is 3. The van der Waals surface area contributed by atoms with E-state index in [1.165, 1.54) is 16.7 Å². The van der Waals surface area contributed by atoms with Crippen molar-refractivity contribution >= 4 is 5.82 Å². The van der Waals surface area contributed by atoms with E-state index in [1.54, 1.807) is 0 Å². The van der Waals surface area contributed by atoms with E-state index in [0.29, 0.717) is 0 Å². The molecule has 1 fully saturated rings.